The van der Waals surface area contributed by atoms with Crippen molar-refractivity contribution < 1.29 is 19.1 Å². The van der Waals surface area contributed by atoms with Crippen LogP contribution in [0.4, 0.5) is 5.69 Å². The van der Waals surface area contributed by atoms with Gasteiger partial charge in [-0.2, -0.15) is 0 Å². The molecule has 0 radical (unpaired) electrons. The molecule has 0 bridgehead atoms. The lowest BCUT2D eigenvalue weighted by Gasteiger charge is -2.18. The number of nitrogens with one attached hydrogen (secondary N) is 1. The van der Waals surface area contributed by atoms with Gasteiger partial charge in [-0.05, 0) is 50.5 Å². The van der Waals surface area contributed by atoms with Crippen molar-refractivity contribution in [3.63, 3.8) is 0 Å². The molecule has 7 nitrogen and oxygen atoms in total. The predicted octanol–water partition coefficient (Wildman–Crippen LogP) is 3.72. The highest BCUT2D eigenvalue weighted by Gasteiger charge is 2.21. The monoisotopic (exact) mass is 433 g/mol. The topological polar surface area (TPSA) is 88.6 Å². The highest BCUT2D eigenvalue weighted by Crippen LogP contribution is 2.23. The summed E-state index contributed by atoms with van der Waals surface area (Å²) in [6.45, 7) is 6.77. The number of likely N-dealkylation sites (N-methyl/N-ethyl adjacent to an activating group) is 1. The Balaban J connectivity index is 1.61. The molecule has 2 amide bonds. The lowest BCUT2D eigenvalue weighted by Crippen LogP contribution is -2.37. The van der Waals surface area contributed by atoms with Gasteiger partial charge in [-0.25, -0.2) is 4.79 Å². The largest absolute Gasteiger partial charge is 0.452 e. The number of ether oxygens (including phenoxy) is 1. The molecular weight excluding hydrogens is 406 g/mol. The van der Waals surface area contributed by atoms with Gasteiger partial charge < -0.3 is 15.0 Å². The zero-order valence-electron chi connectivity index (χ0n) is 19.0. The summed E-state index contributed by atoms with van der Waals surface area (Å²) in [7, 11) is 1.49. The number of aromatic nitrogens is 1. The SMILES string of the molecule is Cc1cccc(C)c1NC(=O)CN(C)C(=O)COC(=O)c1c(C)nc2ccccc2c1C. The number of carbonyl (C=O) groups excluding carboxylic acids is 3. The molecule has 0 aliphatic rings. The van der Waals surface area contributed by atoms with Crippen LogP contribution < -0.4 is 5.32 Å². The van der Waals surface area contributed by atoms with Crippen molar-refractivity contribution in [1.82, 2.24) is 9.88 Å². The maximum absolute atomic E-state index is 12.7. The van der Waals surface area contributed by atoms with E-state index in [4.69, 9.17) is 4.74 Å². The van der Waals surface area contributed by atoms with Gasteiger partial charge in [0.15, 0.2) is 6.61 Å². The van der Waals surface area contributed by atoms with E-state index in [0.29, 0.717) is 11.3 Å². The van der Waals surface area contributed by atoms with Crippen LogP contribution in [-0.2, 0) is 14.3 Å². The number of nitrogens with zero attached hydrogens (tertiary/aromatic N) is 2. The molecule has 32 heavy (non-hydrogen) atoms. The van der Waals surface area contributed by atoms with E-state index in [9.17, 15) is 14.4 Å². The molecule has 7 heteroatoms. The third-order valence-corrected chi connectivity index (χ3v) is 5.42. The molecule has 166 valence electrons. The number of carbonyl (C=O) groups is 3. The zero-order chi connectivity index (χ0) is 23.4. The first-order chi connectivity index (χ1) is 15.2. The molecule has 1 heterocycles. The van der Waals surface area contributed by atoms with Crippen LogP contribution in [-0.4, -0.2) is 47.9 Å². The molecule has 0 atom stereocenters. The maximum Gasteiger partial charge on any atom is 0.340 e. The van der Waals surface area contributed by atoms with E-state index in [-0.39, 0.29) is 12.5 Å². The van der Waals surface area contributed by atoms with E-state index in [1.807, 2.05) is 63.2 Å². The molecule has 1 N–H and O–H groups in total. The van der Waals surface area contributed by atoms with E-state index in [0.717, 1.165) is 33.3 Å². The molecule has 2 aromatic carbocycles. The highest BCUT2D eigenvalue weighted by molar-refractivity contribution is 5.99. The molecule has 3 rings (SSSR count). The molecule has 0 saturated carbocycles. The van der Waals surface area contributed by atoms with Gasteiger partial charge in [0.25, 0.3) is 5.91 Å². The van der Waals surface area contributed by atoms with E-state index in [1.165, 1.54) is 11.9 Å². The fraction of sp³-hybridized carbons (Fsp3) is 0.280. The number of para-hydroxylation sites is 2. The normalized spacial score (nSPS) is 10.7. The molecular formula is C25H27N3O4. The van der Waals surface area contributed by atoms with Crippen LogP contribution in [0, 0.1) is 27.7 Å². The second kappa shape index (κ2) is 9.60. The van der Waals surface area contributed by atoms with Gasteiger partial charge in [0.05, 0.1) is 23.3 Å². The van der Waals surface area contributed by atoms with Gasteiger partial charge in [-0.1, -0.05) is 36.4 Å². The second-order valence-electron chi connectivity index (χ2n) is 7.86. The minimum atomic E-state index is -0.611. The van der Waals surface area contributed by atoms with Gasteiger partial charge in [0.1, 0.15) is 0 Å². The van der Waals surface area contributed by atoms with E-state index >= 15 is 0 Å². The van der Waals surface area contributed by atoms with Crippen molar-refractivity contribution in [2.45, 2.75) is 27.7 Å². The Bertz CT molecular complexity index is 1180. The summed E-state index contributed by atoms with van der Waals surface area (Å²) in [5.41, 5.74) is 5.06. The Morgan fingerprint density at radius 2 is 1.62 bits per heavy atom. The van der Waals surface area contributed by atoms with E-state index in [1.54, 1.807) is 6.92 Å². The number of benzene rings is 2. The number of rotatable bonds is 6. The fourth-order valence-electron chi connectivity index (χ4n) is 3.64. The van der Waals surface area contributed by atoms with Gasteiger partial charge >= 0.3 is 5.97 Å². The van der Waals surface area contributed by atoms with Crippen LogP contribution in [0.1, 0.15) is 32.7 Å². The second-order valence-corrected chi connectivity index (χ2v) is 7.86. The molecule has 0 unspecified atom stereocenters. The van der Waals surface area contributed by atoms with Crippen molar-refractivity contribution in [1.29, 1.82) is 0 Å². The zero-order valence-corrected chi connectivity index (χ0v) is 19.0. The summed E-state index contributed by atoms with van der Waals surface area (Å²) in [4.78, 5) is 43.2. The third kappa shape index (κ3) is 4.94. The number of fused-ring (bicyclic) bond motifs is 1. The first-order valence-electron chi connectivity index (χ1n) is 10.3. The number of pyridine rings is 1. The molecule has 0 aliphatic heterocycles. The van der Waals surface area contributed by atoms with Crippen LogP contribution in [0.2, 0.25) is 0 Å². The molecule has 0 fully saturated rings. The van der Waals surface area contributed by atoms with Gasteiger partial charge in [0.2, 0.25) is 5.91 Å². The number of anilines is 1. The number of aryl methyl sites for hydroxylation is 4. The van der Waals surface area contributed by atoms with E-state index in [2.05, 4.69) is 10.3 Å². The Kier molecular flexibility index (Phi) is 6.88. The van der Waals surface area contributed by atoms with Crippen LogP contribution >= 0.6 is 0 Å². The summed E-state index contributed by atoms with van der Waals surface area (Å²) in [5, 5.41) is 3.70. The Hall–Kier alpha value is -3.74. The number of hydrogen-bond donors (Lipinski definition) is 1. The maximum atomic E-state index is 12.7. The Morgan fingerprint density at radius 1 is 0.969 bits per heavy atom. The number of hydrogen-bond acceptors (Lipinski definition) is 5. The number of amides is 2. The standard InChI is InChI=1S/C25H27N3O4/c1-15-9-8-10-16(2)24(15)27-21(29)13-28(5)22(30)14-32-25(31)23-17(3)19-11-6-7-12-20(19)26-18(23)4/h6-12H,13-14H2,1-5H3,(H,27,29). The molecule has 1 aromatic heterocycles. The number of esters is 1. The van der Waals surface area contributed by atoms with Crippen molar-refractivity contribution in [2.24, 2.45) is 0 Å². The predicted molar refractivity (Wildman–Crippen MR) is 124 cm³/mol. The average molecular weight is 434 g/mol. The van der Waals surface area contributed by atoms with Gasteiger partial charge in [-0.3, -0.25) is 14.6 Å². The lowest BCUT2D eigenvalue weighted by molar-refractivity contribution is -0.136. The molecule has 0 saturated heterocycles. The van der Waals surface area contributed by atoms with Crippen LogP contribution in [0.15, 0.2) is 42.5 Å². The summed E-state index contributed by atoms with van der Waals surface area (Å²) in [6.07, 6.45) is 0. The minimum absolute atomic E-state index is 0.153. The van der Waals surface area contributed by atoms with E-state index < -0.39 is 18.5 Å². The Morgan fingerprint density at radius 3 is 2.31 bits per heavy atom. The third-order valence-electron chi connectivity index (χ3n) is 5.42. The minimum Gasteiger partial charge on any atom is -0.452 e. The first kappa shape index (κ1) is 22.9. The Labute approximate surface area is 187 Å². The summed E-state index contributed by atoms with van der Waals surface area (Å²) >= 11 is 0. The summed E-state index contributed by atoms with van der Waals surface area (Å²) in [5.74, 6) is -1.41. The van der Waals surface area contributed by atoms with Gasteiger partial charge in [-0.15, -0.1) is 0 Å². The smallest absolute Gasteiger partial charge is 0.340 e. The van der Waals surface area contributed by atoms with Crippen LogP contribution in [0.25, 0.3) is 10.9 Å². The molecule has 0 aliphatic carbocycles. The van der Waals surface area contributed by atoms with Crippen molar-refractivity contribution in [2.75, 3.05) is 25.5 Å². The summed E-state index contributed by atoms with van der Waals surface area (Å²) < 4.78 is 5.26. The quantitative estimate of drug-likeness (QED) is 0.599. The first-order valence-corrected chi connectivity index (χ1v) is 10.3. The van der Waals surface area contributed by atoms with Crippen molar-refractivity contribution in [3.8, 4) is 0 Å². The van der Waals surface area contributed by atoms with Crippen LogP contribution in [0.3, 0.4) is 0 Å². The fourth-order valence-corrected chi connectivity index (χ4v) is 3.64. The van der Waals surface area contributed by atoms with Crippen LogP contribution in [0.5, 0.6) is 0 Å². The van der Waals surface area contributed by atoms with Crippen molar-refractivity contribution in [3.05, 3.63) is 70.4 Å². The van der Waals surface area contributed by atoms with Gasteiger partial charge in [0, 0.05) is 18.1 Å². The molecule has 3 aromatic rings. The highest BCUT2D eigenvalue weighted by atomic mass is 16.5. The summed E-state index contributed by atoms with van der Waals surface area (Å²) in [6, 6.07) is 13.3. The van der Waals surface area contributed by atoms with Crippen molar-refractivity contribution >= 4 is 34.4 Å². The lowest BCUT2D eigenvalue weighted by atomic mass is 10.0. The molecule has 0 spiro atoms. The average Bonchev–Trinajstić information content (AvgIpc) is 2.74.